The van der Waals surface area contributed by atoms with Crippen LogP contribution in [0.5, 0.6) is 5.75 Å². The molecule has 4 rings (SSSR count). The van der Waals surface area contributed by atoms with Crippen molar-refractivity contribution in [2.45, 2.75) is 45.7 Å². The van der Waals surface area contributed by atoms with Crippen molar-refractivity contribution in [2.75, 3.05) is 33.2 Å². The lowest BCUT2D eigenvalue weighted by Crippen LogP contribution is -2.39. The van der Waals surface area contributed by atoms with E-state index in [0.717, 1.165) is 37.2 Å². The Kier molecular flexibility index (Phi) is 7.46. The number of aldehydes is 1. The molecule has 2 aliphatic rings. The number of carbonyl (C=O) groups is 2. The number of likely N-dealkylation sites (N-methyl/N-ethyl adjacent to an activating group) is 1. The summed E-state index contributed by atoms with van der Waals surface area (Å²) in [4.78, 5) is 26.7. The van der Waals surface area contributed by atoms with Crippen LogP contribution in [0.25, 0.3) is 5.69 Å². The Morgan fingerprint density at radius 2 is 2.00 bits per heavy atom. The van der Waals surface area contributed by atoms with Gasteiger partial charge in [-0.25, -0.2) is 4.68 Å². The molecule has 2 fully saturated rings. The van der Waals surface area contributed by atoms with Gasteiger partial charge in [-0.15, -0.1) is 0 Å². The smallest absolute Gasteiger partial charge is 0.217 e. The van der Waals surface area contributed by atoms with E-state index in [9.17, 15) is 14.7 Å². The number of phenols is 1. The fraction of sp³-hybridized carbons (Fsp3) is 0.522. The number of hydrogen-bond donors (Lipinski definition) is 2. The monoisotopic (exact) mass is 427 g/mol. The molecule has 8 nitrogen and oxygen atoms in total. The van der Waals surface area contributed by atoms with E-state index in [1.54, 1.807) is 36.7 Å². The van der Waals surface area contributed by atoms with Gasteiger partial charge in [0.1, 0.15) is 5.75 Å². The van der Waals surface area contributed by atoms with Gasteiger partial charge in [0.05, 0.1) is 22.6 Å². The standard InChI is InChI=1S/C12H12N2O2.C11H21N3O/c1-8-12(7-15)9(2)14(13-8)10-4-3-5-11(16)6-10;1-9(15)12-10-3-6-14(7-10)11-4-5-13(2)8-11/h3-7,16H,1-2H3;10-11H,3-8H2,1-2H3,(H,12,15). The summed E-state index contributed by atoms with van der Waals surface area (Å²) in [7, 11) is 2.18. The molecule has 31 heavy (non-hydrogen) atoms. The highest BCUT2D eigenvalue weighted by atomic mass is 16.3. The molecule has 0 aliphatic carbocycles. The predicted molar refractivity (Wildman–Crippen MR) is 120 cm³/mol. The van der Waals surface area contributed by atoms with Gasteiger partial charge in [0.25, 0.3) is 0 Å². The van der Waals surface area contributed by atoms with Gasteiger partial charge in [0.15, 0.2) is 6.29 Å². The van der Waals surface area contributed by atoms with Crippen LogP contribution in [0.15, 0.2) is 24.3 Å². The molecular formula is C23H33N5O3. The van der Waals surface area contributed by atoms with E-state index in [-0.39, 0.29) is 11.7 Å². The molecule has 3 heterocycles. The fourth-order valence-electron chi connectivity index (χ4n) is 4.44. The van der Waals surface area contributed by atoms with Crippen LogP contribution in [0.3, 0.4) is 0 Å². The van der Waals surface area contributed by atoms with E-state index in [1.807, 2.05) is 13.0 Å². The van der Waals surface area contributed by atoms with E-state index in [1.165, 1.54) is 19.5 Å². The molecule has 168 valence electrons. The number of amides is 1. The van der Waals surface area contributed by atoms with Crippen molar-refractivity contribution in [3.8, 4) is 11.4 Å². The van der Waals surface area contributed by atoms with Crippen molar-refractivity contribution < 1.29 is 14.7 Å². The molecule has 0 saturated carbocycles. The SMILES string of the molecule is CC(=O)NC1CCN(C2CCN(C)C2)C1.Cc1nn(-c2cccc(O)c2)c(C)c1C=O. The summed E-state index contributed by atoms with van der Waals surface area (Å²) in [5.74, 6) is 0.281. The second kappa shape index (κ2) is 10.1. The minimum Gasteiger partial charge on any atom is -0.508 e. The van der Waals surface area contributed by atoms with Crippen LogP contribution < -0.4 is 5.32 Å². The summed E-state index contributed by atoms with van der Waals surface area (Å²) < 4.78 is 1.65. The molecule has 0 bridgehead atoms. The Morgan fingerprint density at radius 3 is 2.58 bits per heavy atom. The zero-order chi connectivity index (χ0) is 22.5. The van der Waals surface area contributed by atoms with Crippen molar-refractivity contribution in [1.82, 2.24) is 24.9 Å². The molecule has 2 N–H and O–H groups in total. The number of nitrogens with one attached hydrogen (secondary N) is 1. The topological polar surface area (TPSA) is 90.7 Å². The number of hydrogen-bond acceptors (Lipinski definition) is 6. The quantitative estimate of drug-likeness (QED) is 0.725. The van der Waals surface area contributed by atoms with Gasteiger partial charge < -0.3 is 15.3 Å². The fourth-order valence-corrected chi connectivity index (χ4v) is 4.44. The third-order valence-corrected chi connectivity index (χ3v) is 6.05. The van der Waals surface area contributed by atoms with Crippen molar-refractivity contribution in [2.24, 2.45) is 0 Å². The third-order valence-electron chi connectivity index (χ3n) is 6.05. The van der Waals surface area contributed by atoms with Crippen molar-refractivity contribution in [3.63, 3.8) is 0 Å². The van der Waals surface area contributed by atoms with Gasteiger partial charge >= 0.3 is 0 Å². The summed E-state index contributed by atoms with van der Waals surface area (Å²) in [6.07, 6.45) is 3.19. The Balaban J connectivity index is 0.000000176. The number of aromatic nitrogens is 2. The molecular weight excluding hydrogens is 394 g/mol. The van der Waals surface area contributed by atoms with Crippen LogP contribution in [0.1, 0.15) is 41.5 Å². The normalized spacial score (nSPS) is 21.5. The van der Waals surface area contributed by atoms with E-state index in [0.29, 0.717) is 23.3 Å². The number of rotatable bonds is 4. The van der Waals surface area contributed by atoms with Gasteiger partial charge in [-0.1, -0.05) is 6.07 Å². The lowest BCUT2D eigenvalue weighted by atomic mass is 10.2. The zero-order valence-corrected chi connectivity index (χ0v) is 18.8. The van der Waals surface area contributed by atoms with E-state index in [4.69, 9.17) is 0 Å². The van der Waals surface area contributed by atoms with Crippen molar-refractivity contribution in [1.29, 1.82) is 0 Å². The zero-order valence-electron chi connectivity index (χ0n) is 18.8. The molecule has 2 aliphatic heterocycles. The maximum atomic E-state index is 10.9. The maximum absolute atomic E-state index is 10.9. The number of carbonyl (C=O) groups excluding carboxylic acids is 2. The van der Waals surface area contributed by atoms with E-state index < -0.39 is 0 Å². The molecule has 8 heteroatoms. The summed E-state index contributed by atoms with van der Waals surface area (Å²) in [6, 6.07) is 7.86. The number of nitrogens with zero attached hydrogens (tertiary/aromatic N) is 4. The Hall–Kier alpha value is -2.71. The van der Waals surface area contributed by atoms with Gasteiger partial charge in [-0.2, -0.15) is 5.10 Å². The highest BCUT2D eigenvalue weighted by Gasteiger charge is 2.31. The summed E-state index contributed by atoms with van der Waals surface area (Å²) in [5, 5.41) is 16.7. The summed E-state index contributed by atoms with van der Waals surface area (Å²) in [6.45, 7) is 9.80. The first-order valence-electron chi connectivity index (χ1n) is 10.8. The van der Waals surface area contributed by atoms with Crippen LogP contribution in [0.2, 0.25) is 0 Å². The molecule has 1 amide bonds. The highest BCUT2D eigenvalue weighted by Crippen LogP contribution is 2.20. The minimum atomic E-state index is 0.102. The maximum Gasteiger partial charge on any atom is 0.217 e. The number of phenolic OH excluding ortho intramolecular Hbond substituents is 1. The van der Waals surface area contributed by atoms with Crippen molar-refractivity contribution in [3.05, 3.63) is 41.2 Å². The van der Waals surface area contributed by atoms with Gasteiger partial charge in [-0.05, 0) is 52.4 Å². The van der Waals surface area contributed by atoms with Gasteiger partial charge in [0.2, 0.25) is 5.91 Å². The Morgan fingerprint density at radius 1 is 1.23 bits per heavy atom. The van der Waals surface area contributed by atoms with Crippen LogP contribution in [-0.2, 0) is 4.79 Å². The first-order chi connectivity index (χ1) is 14.8. The summed E-state index contributed by atoms with van der Waals surface area (Å²) >= 11 is 0. The lowest BCUT2D eigenvalue weighted by Gasteiger charge is -2.23. The van der Waals surface area contributed by atoms with Crippen molar-refractivity contribution >= 4 is 12.2 Å². The minimum absolute atomic E-state index is 0.102. The molecule has 2 aromatic rings. The molecule has 2 atom stereocenters. The lowest BCUT2D eigenvalue weighted by molar-refractivity contribution is -0.119. The van der Waals surface area contributed by atoms with Gasteiger partial charge in [-0.3, -0.25) is 14.5 Å². The Bertz CT molecular complexity index is 926. The molecule has 1 aromatic carbocycles. The number of benzene rings is 1. The molecule has 1 aromatic heterocycles. The average molecular weight is 428 g/mol. The third kappa shape index (κ3) is 5.71. The second-order valence-corrected chi connectivity index (χ2v) is 8.52. The molecule has 0 radical (unpaired) electrons. The number of likely N-dealkylation sites (tertiary alicyclic amines) is 2. The average Bonchev–Trinajstić information content (AvgIpc) is 3.41. The molecule has 2 unspecified atom stereocenters. The van der Waals surface area contributed by atoms with E-state index >= 15 is 0 Å². The number of aromatic hydroxyl groups is 1. The molecule has 0 spiro atoms. The van der Waals surface area contributed by atoms with Gasteiger partial charge in [0, 0.05) is 44.7 Å². The largest absolute Gasteiger partial charge is 0.508 e. The van der Waals surface area contributed by atoms with E-state index in [2.05, 4.69) is 27.3 Å². The second-order valence-electron chi connectivity index (χ2n) is 8.52. The summed E-state index contributed by atoms with van der Waals surface area (Å²) in [5.41, 5.74) is 2.81. The van der Waals surface area contributed by atoms with Crippen LogP contribution >= 0.6 is 0 Å². The first-order valence-corrected chi connectivity index (χ1v) is 10.8. The highest BCUT2D eigenvalue weighted by molar-refractivity contribution is 5.78. The van der Waals surface area contributed by atoms with Crippen LogP contribution in [0.4, 0.5) is 0 Å². The number of aryl methyl sites for hydroxylation is 1. The molecule has 2 saturated heterocycles. The van der Waals surface area contributed by atoms with Crippen LogP contribution in [-0.4, -0.2) is 82.2 Å². The first kappa shape index (κ1) is 23.0. The van der Waals surface area contributed by atoms with Crippen LogP contribution in [0, 0.1) is 13.8 Å². The predicted octanol–water partition coefficient (Wildman–Crippen LogP) is 1.91. The Labute approximate surface area is 183 Å².